The summed E-state index contributed by atoms with van der Waals surface area (Å²) in [5, 5.41) is 25.7. The van der Waals surface area contributed by atoms with Crippen LogP contribution in [0, 0.1) is 21.4 Å². The second kappa shape index (κ2) is 5.56. The molecule has 21 heavy (non-hydrogen) atoms. The van der Waals surface area contributed by atoms with Crippen LogP contribution < -0.4 is 5.32 Å². The SMILES string of the molecule is Cn1cc(C#N)c(NC(=O)c2cc([N+](=O)[O-])cnc2Cl)n1. The maximum Gasteiger partial charge on any atom is 0.288 e. The van der Waals surface area contributed by atoms with E-state index < -0.39 is 10.8 Å². The Morgan fingerprint density at radius 3 is 2.95 bits per heavy atom. The van der Waals surface area contributed by atoms with Crippen LogP contribution in [0.3, 0.4) is 0 Å². The summed E-state index contributed by atoms with van der Waals surface area (Å²) in [6, 6.07) is 2.86. The van der Waals surface area contributed by atoms with E-state index in [2.05, 4.69) is 15.4 Å². The second-order valence-corrected chi connectivity index (χ2v) is 4.28. The zero-order valence-electron chi connectivity index (χ0n) is 10.6. The largest absolute Gasteiger partial charge is 0.304 e. The summed E-state index contributed by atoms with van der Waals surface area (Å²) < 4.78 is 1.35. The van der Waals surface area contributed by atoms with Crippen LogP contribution in [0.4, 0.5) is 11.5 Å². The summed E-state index contributed by atoms with van der Waals surface area (Å²) in [5.74, 6) is -0.709. The van der Waals surface area contributed by atoms with E-state index in [1.165, 1.54) is 10.9 Å². The Morgan fingerprint density at radius 2 is 2.33 bits per heavy atom. The molecule has 106 valence electrons. The third kappa shape index (κ3) is 2.96. The summed E-state index contributed by atoms with van der Waals surface area (Å²) in [4.78, 5) is 25.6. The second-order valence-electron chi connectivity index (χ2n) is 3.92. The molecule has 0 atom stereocenters. The molecule has 0 aliphatic heterocycles. The number of carbonyl (C=O) groups excluding carboxylic acids is 1. The van der Waals surface area contributed by atoms with E-state index >= 15 is 0 Å². The van der Waals surface area contributed by atoms with Gasteiger partial charge in [0.15, 0.2) is 5.82 Å². The van der Waals surface area contributed by atoms with Crippen molar-refractivity contribution < 1.29 is 9.72 Å². The first-order chi connectivity index (χ1) is 9.92. The molecule has 2 rings (SSSR count). The average molecular weight is 307 g/mol. The van der Waals surface area contributed by atoms with Crippen molar-refractivity contribution >= 4 is 29.0 Å². The summed E-state index contributed by atoms with van der Waals surface area (Å²) >= 11 is 5.76. The van der Waals surface area contributed by atoms with Gasteiger partial charge in [-0.15, -0.1) is 0 Å². The Morgan fingerprint density at radius 1 is 1.62 bits per heavy atom. The van der Waals surface area contributed by atoms with Gasteiger partial charge in [-0.25, -0.2) is 4.98 Å². The number of pyridine rings is 1. The maximum absolute atomic E-state index is 12.1. The number of hydrogen-bond acceptors (Lipinski definition) is 6. The lowest BCUT2D eigenvalue weighted by molar-refractivity contribution is -0.385. The summed E-state index contributed by atoms with van der Waals surface area (Å²) in [6.45, 7) is 0. The minimum absolute atomic E-state index is 0.0348. The fourth-order valence-electron chi connectivity index (χ4n) is 1.53. The van der Waals surface area contributed by atoms with Gasteiger partial charge in [-0.2, -0.15) is 10.4 Å². The van der Waals surface area contributed by atoms with Crippen molar-refractivity contribution in [1.29, 1.82) is 5.26 Å². The number of aryl methyl sites for hydroxylation is 1. The van der Waals surface area contributed by atoms with Crippen molar-refractivity contribution in [2.45, 2.75) is 0 Å². The minimum atomic E-state index is -0.744. The Balaban J connectivity index is 2.34. The standard InChI is InChI=1S/C11H7ClN6O3/c1-17-5-6(3-13)10(16-17)15-11(19)8-2-7(18(20)21)4-14-9(8)12/h2,4-5H,1H3,(H,15,16,19). The highest BCUT2D eigenvalue weighted by molar-refractivity contribution is 6.33. The maximum atomic E-state index is 12.1. The number of nitrogens with one attached hydrogen (secondary N) is 1. The Bertz CT molecular complexity index is 779. The van der Waals surface area contributed by atoms with Gasteiger partial charge in [-0.05, 0) is 0 Å². The number of aromatic nitrogens is 3. The summed E-state index contributed by atoms with van der Waals surface area (Å²) in [7, 11) is 1.58. The van der Waals surface area contributed by atoms with Gasteiger partial charge >= 0.3 is 0 Å². The van der Waals surface area contributed by atoms with Crippen molar-refractivity contribution in [1.82, 2.24) is 14.8 Å². The Kier molecular flexibility index (Phi) is 3.82. The van der Waals surface area contributed by atoms with Crippen LogP contribution in [-0.4, -0.2) is 25.6 Å². The number of amides is 1. The van der Waals surface area contributed by atoms with E-state index in [0.717, 1.165) is 12.3 Å². The molecule has 0 aliphatic rings. The van der Waals surface area contributed by atoms with Crippen LogP contribution in [0.5, 0.6) is 0 Å². The predicted octanol–water partition coefficient (Wildman–Crippen LogP) is 1.50. The van der Waals surface area contributed by atoms with Crippen LogP contribution in [0.15, 0.2) is 18.5 Å². The molecular formula is C11H7ClN6O3. The minimum Gasteiger partial charge on any atom is -0.304 e. The van der Waals surface area contributed by atoms with Gasteiger partial charge in [0.25, 0.3) is 11.6 Å². The predicted molar refractivity (Wildman–Crippen MR) is 71.8 cm³/mol. The van der Waals surface area contributed by atoms with E-state index in [1.54, 1.807) is 7.05 Å². The molecule has 0 radical (unpaired) electrons. The number of rotatable bonds is 3. The number of nitriles is 1. The van der Waals surface area contributed by atoms with Gasteiger partial charge in [0.1, 0.15) is 23.0 Å². The fraction of sp³-hybridized carbons (Fsp3) is 0.0909. The van der Waals surface area contributed by atoms with E-state index in [4.69, 9.17) is 16.9 Å². The number of anilines is 1. The number of hydrogen-bond donors (Lipinski definition) is 1. The molecule has 0 bridgehead atoms. The van der Waals surface area contributed by atoms with Crippen LogP contribution >= 0.6 is 11.6 Å². The van der Waals surface area contributed by atoms with Crippen molar-refractivity contribution in [2.24, 2.45) is 7.05 Å². The molecule has 2 heterocycles. The molecule has 0 aromatic carbocycles. The highest BCUT2D eigenvalue weighted by Crippen LogP contribution is 2.21. The molecule has 1 N–H and O–H groups in total. The summed E-state index contributed by atoms with van der Waals surface area (Å²) in [5.41, 5.74) is -0.396. The van der Waals surface area contributed by atoms with Crippen LogP contribution in [-0.2, 0) is 7.05 Å². The molecule has 0 unspecified atom stereocenters. The molecule has 1 amide bonds. The molecule has 9 nitrogen and oxygen atoms in total. The monoisotopic (exact) mass is 306 g/mol. The van der Waals surface area contributed by atoms with Gasteiger partial charge in [0.05, 0.1) is 10.5 Å². The van der Waals surface area contributed by atoms with Gasteiger partial charge in [0, 0.05) is 19.3 Å². The van der Waals surface area contributed by atoms with Crippen molar-refractivity contribution in [3.8, 4) is 6.07 Å². The highest BCUT2D eigenvalue weighted by Gasteiger charge is 2.19. The van der Waals surface area contributed by atoms with E-state index in [9.17, 15) is 14.9 Å². The Labute approximate surface area is 122 Å². The highest BCUT2D eigenvalue weighted by atomic mass is 35.5. The quantitative estimate of drug-likeness (QED) is 0.520. The van der Waals surface area contributed by atoms with Crippen molar-refractivity contribution in [2.75, 3.05) is 5.32 Å². The van der Waals surface area contributed by atoms with E-state index in [0.29, 0.717) is 0 Å². The topological polar surface area (TPSA) is 127 Å². The van der Waals surface area contributed by atoms with Gasteiger partial charge < -0.3 is 5.32 Å². The first-order valence-corrected chi connectivity index (χ1v) is 5.85. The lowest BCUT2D eigenvalue weighted by atomic mass is 10.2. The van der Waals surface area contributed by atoms with Crippen LogP contribution in [0.2, 0.25) is 5.15 Å². The lowest BCUT2D eigenvalue weighted by Crippen LogP contribution is -2.14. The van der Waals surface area contributed by atoms with Crippen molar-refractivity contribution in [3.05, 3.63) is 44.9 Å². The summed E-state index contributed by atoms with van der Waals surface area (Å²) in [6.07, 6.45) is 2.36. The molecule has 10 heteroatoms. The Hall–Kier alpha value is -2.99. The third-order valence-electron chi connectivity index (χ3n) is 2.46. The molecule has 0 spiro atoms. The third-order valence-corrected chi connectivity index (χ3v) is 2.76. The van der Waals surface area contributed by atoms with E-state index in [-0.39, 0.29) is 27.8 Å². The molecule has 0 saturated heterocycles. The van der Waals surface area contributed by atoms with E-state index in [1.807, 2.05) is 6.07 Å². The molecule has 0 aliphatic carbocycles. The molecular weight excluding hydrogens is 300 g/mol. The molecule has 2 aromatic heterocycles. The van der Waals surface area contributed by atoms with Crippen LogP contribution in [0.25, 0.3) is 0 Å². The van der Waals surface area contributed by atoms with Crippen molar-refractivity contribution in [3.63, 3.8) is 0 Å². The smallest absolute Gasteiger partial charge is 0.288 e. The first-order valence-electron chi connectivity index (χ1n) is 5.47. The molecule has 0 saturated carbocycles. The number of halogens is 1. The molecule has 0 fully saturated rings. The van der Waals surface area contributed by atoms with Gasteiger partial charge in [0.2, 0.25) is 0 Å². The average Bonchev–Trinajstić information content (AvgIpc) is 2.78. The lowest BCUT2D eigenvalue weighted by Gasteiger charge is -2.04. The number of carbonyl (C=O) groups is 1. The van der Waals surface area contributed by atoms with Crippen LogP contribution in [0.1, 0.15) is 15.9 Å². The zero-order chi connectivity index (χ0) is 15.6. The molecule has 2 aromatic rings. The number of nitrogens with zero attached hydrogens (tertiary/aromatic N) is 5. The first kappa shape index (κ1) is 14.4. The fourth-order valence-corrected chi connectivity index (χ4v) is 1.72. The van der Waals surface area contributed by atoms with Gasteiger partial charge in [-0.3, -0.25) is 19.6 Å². The normalized spacial score (nSPS) is 9.95. The van der Waals surface area contributed by atoms with Gasteiger partial charge in [-0.1, -0.05) is 11.6 Å². The zero-order valence-corrected chi connectivity index (χ0v) is 11.3. The number of nitro groups is 1.